The third-order valence-corrected chi connectivity index (χ3v) is 5.08. The molecule has 166 valence electrons. The van der Waals surface area contributed by atoms with Gasteiger partial charge in [-0.1, -0.05) is 0 Å². The van der Waals surface area contributed by atoms with E-state index in [1.165, 1.54) is 0 Å². The Morgan fingerprint density at radius 2 is 1.77 bits per heavy atom. The number of aliphatic hydroxyl groups excluding tert-OH is 1. The standard InChI is InChI=1S/C21H19F5N2O3/c22-16-5-3-13(19(30)27-14-4-6-17(23)18(24)9-14)8-15(16)21(25,26)20(31)28-7-1-2-12(10-28)11-29/h3-6,8-9,12,29H,1-2,7,10-11H2,(H,27,30). The van der Waals surface area contributed by atoms with Gasteiger partial charge in [-0.3, -0.25) is 9.59 Å². The Balaban J connectivity index is 1.84. The van der Waals surface area contributed by atoms with E-state index in [0.29, 0.717) is 31.0 Å². The highest BCUT2D eigenvalue weighted by atomic mass is 19.3. The van der Waals surface area contributed by atoms with Crippen LogP contribution in [0.25, 0.3) is 0 Å². The first kappa shape index (κ1) is 22.7. The first-order valence-corrected chi connectivity index (χ1v) is 9.48. The fourth-order valence-electron chi connectivity index (χ4n) is 3.40. The predicted octanol–water partition coefficient (Wildman–Crippen LogP) is 3.68. The fourth-order valence-corrected chi connectivity index (χ4v) is 3.40. The molecule has 0 bridgehead atoms. The van der Waals surface area contributed by atoms with Crippen LogP contribution in [0, 0.1) is 23.4 Å². The molecule has 1 fully saturated rings. The first-order chi connectivity index (χ1) is 14.6. The topological polar surface area (TPSA) is 69.6 Å². The van der Waals surface area contributed by atoms with Gasteiger partial charge in [0.25, 0.3) is 11.8 Å². The van der Waals surface area contributed by atoms with Crippen LogP contribution in [0.15, 0.2) is 36.4 Å². The van der Waals surface area contributed by atoms with E-state index in [4.69, 9.17) is 0 Å². The minimum absolute atomic E-state index is 0.0445. The molecule has 2 N–H and O–H groups in total. The second-order valence-corrected chi connectivity index (χ2v) is 7.29. The van der Waals surface area contributed by atoms with Gasteiger partial charge in [-0.05, 0) is 49.1 Å². The van der Waals surface area contributed by atoms with E-state index in [1.807, 2.05) is 0 Å². The molecule has 1 saturated heterocycles. The quantitative estimate of drug-likeness (QED) is 0.695. The summed E-state index contributed by atoms with van der Waals surface area (Å²) in [4.78, 5) is 25.6. The van der Waals surface area contributed by atoms with E-state index in [-0.39, 0.29) is 31.3 Å². The SMILES string of the molecule is O=C(Nc1ccc(F)c(F)c1)c1ccc(F)c(C(F)(F)C(=O)N2CCCC(CO)C2)c1. The van der Waals surface area contributed by atoms with E-state index < -0.39 is 46.3 Å². The summed E-state index contributed by atoms with van der Waals surface area (Å²) in [6.07, 6.45) is 1.01. The second-order valence-electron chi connectivity index (χ2n) is 7.29. The van der Waals surface area contributed by atoms with Crippen LogP contribution in [0.3, 0.4) is 0 Å². The summed E-state index contributed by atoms with van der Waals surface area (Å²) in [7, 11) is 0. The molecule has 0 saturated carbocycles. The van der Waals surface area contributed by atoms with Gasteiger partial charge in [0.1, 0.15) is 5.82 Å². The Morgan fingerprint density at radius 1 is 1.06 bits per heavy atom. The van der Waals surface area contributed by atoms with Crippen molar-refractivity contribution in [2.45, 2.75) is 18.8 Å². The Labute approximate surface area is 174 Å². The van der Waals surface area contributed by atoms with Gasteiger partial charge in [-0.25, -0.2) is 13.2 Å². The minimum Gasteiger partial charge on any atom is -0.396 e. The van der Waals surface area contributed by atoms with Gasteiger partial charge in [0.05, 0.1) is 5.56 Å². The summed E-state index contributed by atoms with van der Waals surface area (Å²) < 4.78 is 70.3. The molecule has 1 atom stereocenters. The number of carbonyl (C=O) groups excluding carboxylic acids is 2. The number of hydrogen-bond donors (Lipinski definition) is 2. The van der Waals surface area contributed by atoms with Crippen molar-refractivity contribution < 1.29 is 36.6 Å². The molecule has 3 rings (SSSR count). The number of carbonyl (C=O) groups is 2. The highest BCUT2D eigenvalue weighted by Crippen LogP contribution is 2.34. The molecule has 1 aliphatic rings. The summed E-state index contributed by atoms with van der Waals surface area (Å²) in [5.41, 5.74) is -1.82. The maximum absolute atomic E-state index is 14.9. The number of aliphatic hydroxyl groups is 1. The second kappa shape index (κ2) is 9.01. The lowest BCUT2D eigenvalue weighted by Crippen LogP contribution is -2.47. The maximum Gasteiger partial charge on any atom is 0.352 e. The minimum atomic E-state index is -4.25. The van der Waals surface area contributed by atoms with Gasteiger partial charge in [-0.2, -0.15) is 8.78 Å². The van der Waals surface area contributed by atoms with E-state index in [1.54, 1.807) is 0 Å². The van der Waals surface area contributed by atoms with Gasteiger partial charge >= 0.3 is 5.92 Å². The smallest absolute Gasteiger partial charge is 0.352 e. The molecular weight excluding hydrogens is 423 g/mol. The number of amides is 2. The van der Waals surface area contributed by atoms with E-state index in [0.717, 1.165) is 23.1 Å². The molecule has 2 amide bonds. The van der Waals surface area contributed by atoms with Gasteiger partial charge < -0.3 is 15.3 Å². The van der Waals surface area contributed by atoms with Crippen molar-refractivity contribution in [2.24, 2.45) is 5.92 Å². The summed E-state index contributed by atoms with van der Waals surface area (Å²) >= 11 is 0. The van der Waals surface area contributed by atoms with Crippen molar-refractivity contribution in [3.8, 4) is 0 Å². The lowest BCUT2D eigenvalue weighted by Gasteiger charge is -2.34. The molecule has 0 aliphatic carbocycles. The molecule has 0 radical (unpaired) electrons. The molecule has 10 heteroatoms. The predicted molar refractivity (Wildman–Crippen MR) is 101 cm³/mol. The van der Waals surface area contributed by atoms with Gasteiger partial charge in [0.2, 0.25) is 0 Å². The van der Waals surface area contributed by atoms with Crippen LogP contribution in [-0.2, 0) is 10.7 Å². The number of likely N-dealkylation sites (tertiary alicyclic amines) is 1. The number of nitrogens with zero attached hydrogens (tertiary/aromatic N) is 1. The lowest BCUT2D eigenvalue weighted by atomic mass is 9.97. The van der Waals surface area contributed by atoms with Crippen molar-refractivity contribution in [1.82, 2.24) is 4.90 Å². The van der Waals surface area contributed by atoms with Crippen molar-refractivity contribution >= 4 is 17.5 Å². The van der Waals surface area contributed by atoms with Gasteiger partial charge in [-0.15, -0.1) is 0 Å². The van der Waals surface area contributed by atoms with E-state index in [2.05, 4.69) is 5.32 Å². The number of alkyl halides is 2. The number of nitrogens with one attached hydrogen (secondary N) is 1. The summed E-state index contributed by atoms with van der Waals surface area (Å²) in [6.45, 7) is -0.297. The zero-order chi connectivity index (χ0) is 22.8. The molecule has 0 aromatic heterocycles. The molecule has 1 unspecified atom stereocenters. The number of anilines is 1. The molecule has 31 heavy (non-hydrogen) atoms. The molecule has 5 nitrogen and oxygen atoms in total. The largest absolute Gasteiger partial charge is 0.396 e. The molecular formula is C21H19F5N2O3. The number of halogens is 5. The Bertz CT molecular complexity index is 999. The van der Waals surface area contributed by atoms with Crippen molar-refractivity contribution in [1.29, 1.82) is 0 Å². The first-order valence-electron chi connectivity index (χ1n) is 9.48. The summed E-state index contributed by atoms with van der Waals surface area (Å²) in [5.74, 6) is -10.9. The summed E-state index contributed by atoms with van der Waals surface area (Å²) in [6, 6.07) is 4.64. The highest BCUT2D eigenvalue weighted by Gasteiger charge is 2.47. The lowest BCUT2D eigenvalue weighted by molar-refractivity contribution is -0.161. The average Bonchev–Trinajstić information content (AvgIpc) is 2.75. The Morgan fingerprint density at radius 3 is 2.45 bits per heavy atom. The monoisotopic (exact) mass is 442 g/mol. The molecule has 1 heterocycles. The van der Waals surface area contributed by atoms with Gasteiger partial charge in [0, 0.05) is 37.0 Å². The van der Waals surface area contributed by atoms with Gasteiger partial charge in [0.15, 0.2) is 11.6 Å². The highest BCUT2D eigenvalue weighted by molar-refractivity contribution is 6.04. The number of piperidine rings is 1. The third-order valence-electron chi connectivity index (χ3n) is 5.08. The van der Waals surface area contributed by atoms with Crippen LogP contribution < -0.4 is 5.32 Å². The van der Waals surface area contributed by atoms with Crippen LogP contribution in [0.4, 0.5) is 27.6 Å². The van der Waals surface area contributed by atoms with Crippen LogP contribution in [0.1, 0.15) is 28.8 Å². The van der Waals surface area contributed by atoms with Crippen molar-refractivity contribution in [3.63, 3.8) is 0 Å². The Kier molecular flexibility index (Phi) is 6.59. The zero-order valence-electron chi connectivity index (χ0n) is 16.2. The van der Waals surface area contributed by atoms with Crippen LogP contribution in [0.5, 0.6) is 0 Å². The summed E-state index contributed by atoms with van der Waals surface area (Å²) in [5, 5.41) is 11.4. The molecule has 1 aliphatic heterocycles. The zero-order valence-corrected chi connectivity index (χ0v) is 16.2. The molecule has 2 aromatic rings. The number of hydrogen-bond acceptors (Lipinski definition) is 3. The number of benzene rings is 2. The fraction of sp³-hybridized carbons (Fsp3) is 0.333. The average molecular weight is 442 g/mol. The normalized spacial score (nSPS) is 16.8. The van der Waals surface area contributed by atoms with Crippen LogP contribution >= 0.6 is 0 Å². The molecule has 2 aromatic carbocycles. The van der Waals surface area contributed by atoms with Crippen LogP contribution in [-0.4, -0.2) is 41.5 Å². The number of rotatable bonds is 5. The third kappa shape index (κ3) is 4.84. The van der Waals surface area contributed by atoms with E-state index in [9.17, 15) is 36.6 Å². The van der Waals surface area contributed by atoms with Crippen molar-refractivity contribution in [2.75, 3.05) is 25.0 Å². The Hall–Kier alpha value is -3.01. The maximum atomic E-state index is 14.9. The molecule has 0 spiro atoms. The van der Waals surface area contributed by atoms with E-state index >= 15 is 0 Å². The van der Waals surface area contributed by atoms with Crippen molar-refractivity contribution in [3.05, 3.63) is 65.0 Å². The van der Waals surface area contributed by atoms with Crippen LogP contribution in [0.2, 0.25) is 0 Å².